The average molecular weight is 316 g/mol. The van der Waals surface area contributed by atoms with E-state index in [0.717, 1.165) is 38.8 Å². The molecule has 1 aliphatic heterocycles. The Hall–Kier alpha value is -2.11. The van der Waals surface area contributed by atoms with Crippen LogP contribution in [0.1, 0.15) is 42.5 Å². The van der Waals surface area contributed by atoms with Gasteiger partial charge in [0.15, 0.2) is 0 Å². The second kappa shape index (κ2) is 6.98. The van der Waals surface area contributed by atoms with Crippen LogP contribution in [0.5, 0.6) is 0 Å². The van der Waals surface area contributed by atoms with Crippen molar-refractivity contribution in [2.24, 2.45) is 13.0 Å². The maximum absolute atomic E-state index is 12.3. The Balaban J connectivity index is 1.43. The minimum atomic E-state index is -0.0843. The van der Waals surface area contributed by atoms with Crippen molar-refractivity contribution in [2.45, 2.75) is 38.1 Å². The maximum Gasteiger partial charge on any atom is 0.254 e. The number of nitrogens with zero attached hydrogens (tertiary/aromatic N) is 3. The lowest BCUT2D eigenvalue weighted by Crippen LogP contribution is -2.46. The monoisotopic (exact) mass is 316 g/mol. The maximum atomic E-state index is 12.3. The van der Waals surface area contributed by atoms with E-state index in [9.17, 15) is 9.59 Å². The van der Waals surface area contributed by atoms with Crippen LogP contribution in [0.3, 0.4) is 0 Å². The van der Waals surface area contributed by atoms with Gasteiger partial charge in [0.2, 0.25) is 5.91 Å². The van der Waals surface area contributed by atoms with Crippen LogP contribution in [-0.4, -0.2) is 45.6 Å². The summed E-state index contributed by atoms with van der Waals surface area (Å²) in [6.07, 6.45) is 12.1. The first kappa shape index (κ1) is 15.8. The average Bonchev–Trinajstić information content (AvgIpc) is 3.19. The summed E-state index contributed by atoms with van der Waals surface area (Å²) in [6, 6.07) is 0.137. The summed E-state index contributed by atoms with van der Waals surface area (Å²) in [7, 11) is 1.79. The van der Waals surface area contributed by atoms with Crippen molar-refractivity contribution in [3.63, 3.8) is 0 Å². The summed E-state index contributed by atoms with van der Waals surface area (Å²) >= 11 is 0. The Morgan fingerprint density at radius 3 is 2.70 bits per heavy atom. The highest BCUT2D eigenvalue weighted by atomic mass is 16.2. The summed E-state index contributed by atoms with van der Waals surface area (Å²) < 4.78 is 1.62. The number of piperidine rings is 1. The Morgan fingerprint density at radius 1 is 1.30 bits per heavy atom. The van der Waals surface area contributed by atoms with Crippen molar-refractivity contribution in [1.29, 1.82) is 0 Å². The van der Waals surface area contributed by atoms with Crippen LogP contribution in [0.4, 0.5) is 0 Å². The van der Waals surface area contributed by atoms with E-state index < -0.39 is 0 Å². The van der Waals surface area contributed by atoms with Gasteiger partial charge in [-0.15, -0.1) is 0 Å². The summed E-state index contributed by atoms with van der Waals surface area (Å²) in [5, 5.41) is 7.05. The van der Waals surface area contributed by atoms with Crippen LogP contribution in [0.15, 0.2) is 24.5 Å². The molecule has 2 aliphatic rings. The van der Waals surface area contributed by atoms with Gasteiger partial charge in [-0.2, -0.15) is 5.10 Å². The number of nitrogens with one attached hydrogen (secondary N) is 1. The Bertz CT molecular complexity index is 599. The van der Waals surface area contributed by atoms with E-state index in [1.807, 2.05) is 4.90 Å². The number of aromatic nitrogens is 2. The molecule has 0 saturated carbocycles. The fourth-order valence-electron chi connectivity index (χ4n) is 3.30. The molecule has 1 aromatic rings. The van der Waals surface area contributed by atoms with Crippen LogP contribution >= 0.6 is 0 Å². The first-order valence-corrected chi connectivity index (χ1v) is 8.36. The Labute approximate surface area is 136 Å². The van der Waals surface area contributed by atoms with Crippen LogP contribution in [0.2, 0.25) is 0 Å². The number of allylic oxidation sites excluding steroid dienone is 2. The summed E-state index contributed by atoms with van der Waals surface area (Å²) in [5.41, 5.74) is 0.582. The Kier molecular flexibility index (Phi) is 4.79. The lowest BCUT2D eigenvalue weighted by atomic mass is 10.0. The number of amides is 2. The van der Waals surface area contributed by atoms with Crippen molar-refractivity contribution in [3.05, 3.63) is 30.1 Å². The molecule has 2 amide bonds. The number of carbonyl (C=O) groups excluding carboxylic acids is 2. The second-order valence-electron chi connectivity index (χ2n) is 6.50. The first-order chi connectivity index (χ1) is 11.1. The van der Waals surface area contributed by atoms with Gasteiger partial charge in [-0.25, -0.2) is 0 Å². The van der Waals surface area contributed by atoms with E-state index in [1.54, 1.807) is 24.1 Å². The molecule has 3 rings (SSSR count). The van der Waals surface area contributed by atoms with Crippen LogP contribution in [0, 0.1) is 5.92 Å². The summed E-state index contributed by atoms with van der Waals surface area (Å²) in [4.78, 5) is 26.4. The van der Waals surface area contributed by atoms with Crippen LogP contribution in [-0.2, 0) is 11.8 Å². The van der Waals surface area contributed by atoms with Crippen LogP contribution in [0.25, 0.3) is 0 Å². The molecular formula is C17H24N4O2. The van der Waals surface area contributed by atoms with Crippen molar-refractivity contribution < 1.29 is 9.59 Å². The van der Waals surface area contributed by atoms with E-state index in [-0.39, 0.29) is 17.9 Å². The highest BCUT2D eigenvalue weighted by molar-refractivity contribution is 5.93. The molecule has 0 spiro atoms. The minimum absolute atomic E-state index is 0.0843. The lowest BCUT2D eigenvalue weighted by molar-refractivity contribution is -0.132. The third-order valence-corrected chi connectivity index (χ3v) is 4.70. The highest BCUT2D eigenvalue weighted by Crippen LogP contribution is 2.22. The lowest BCUT2D eigenvalue weighted by Gasteiger charge is -2.33. The molecule has 1 saturated heterocycles. The molecule has 0 bridgehead atoms. The second-order valence-corrected chi connectivity index (χ2v) is 6.50. The molecule has 1 aliphatic carbocycles. The highest BCUT2D eigenvalue weighted by Gasteiger charge is 2.25. The zero-order valence-corrected chi connectivity index (χ0v) is 13.6. The predicted molar refractivity (Wildman–Crippen MR) is 86.8 cm³/mol. The third-order valence-electron chi connectivity index (χ3n) is 4.70. The zero-order chi connectivity index (χ0) is 16.2. The topological polar surface area (TPSA) is 67.2 Å². The van der Waals surface area contributed by atoms with Crippen molar-refractivity contribution >= 4 is 11.8 Å². The molecule has 124 valence electrons. The molecule has 0 unspecified atom stereocenters. The fraction of sp³-hybridized carbons (Fsp3) is 0.588. The quantitative estimate of drug-likeness (QED) is 0.856. The van der Waals surface area contributed by atoms with Crippen molar-refractivity contribution in [1.82, 2.24) is 20.0 Å². The molecule has 6 heteroatoms. The minimum Gasteiger partial charge on any atom is -0.349 e. The van der Waals surface area contributed by atoms with Gasteiger partial charge >= 0.3 is 0 Å². The molecule has 1 atom stereocenters. The van der Waals surface area contributed by atoms with E-state index in [4.69, 9.17) is 0 Å². The smallest absolute Gasteiger partial charge is 0.254 e. The van der Waals surface area contributed by atoms with Crippen molar-refractivity contribution in [3.8, 4) is 0 Å². The zero-order valence-electron chi connectivity index (χ0n) is 13.6. The number of aryl methyl sites for hydroxylation is 1. The van der Waals surface area contributed by atoms with Gasteiger partial charge in [0.05, 0.1) is 11.8 Å². The van der Waals surface area contributed by atoms with Gasteiger partial charge in [-0.3, -0.25) is 14.3 Å². The SMILES string of the molecule is Cn1cc(C(=O)NC2CCN(C(=O)C[C@H]3C=CCC3)CC2)cn1. The number of hydrogen-bond donors (Lipinski definition) is 1. The Morgan fingerprint density at radius 2 is 2.09 bits per heavy atom. The van der Waals surface area contributed by atoms with Gasteiger partial charge in [0, 0.05) is 38.8 Å². The summed E-state index contributed by atoms with van der Waals surface area (Å²) in [6.45, 7) is 1.46. The molecule has 2 heterocycles. The van der Waals surface area contributed by atoms with Crippen molar-refractivity contribution in [2.75, 3.05) is 13.1 Å². The molecule has 0 radical (unpaired) electrons. The number of carbonyl (C=O) groups is 2. The molecule has 23 heavy (non-hydrogen) atoms. The first-order valence-electron chi connectivity index (χ1n) is 8.36. The predicted octanol–water partition coefficient (Wildman–Crippen LogP) is 1.50. The van der Waals surface area contributed by atoms with E-state index in [2.05, 4.69) is 22.6 Å². The van der Waals surface area contributed by atoms with E-state index >= 15 is 0 Å². The third kappa shape index (κ3) is 4.00. The fourth-order valence-corrected chi connectivity index (χ4v) is 3.30. The molecule has 0 aromatic carbocycles. The van der Waals surface area contributed by atoms with Gasteiger partial charge in [0.1, 0.15) is 0 Å². The number of likely N-dealkylation sites (tertiary alicyclic amines) is 1. The number of hydrogen-bond acceptors (Lipinski definition) is 3. The van der Waals surface area contributed by atoms with Gasteiger partial charge < -0.3 is 10.2 Å². The largest absolute Gasteiger partial charge is 0.349 e. The van der Waals surface area contributed by atoms with Crippen LogP contribution < -0.4 is 5.32 Å². The normalized spacial score (nSPS) is 21.6. The molecule has 1 N–H and O–H groups in total. The number of rotatable bonds is 4. The standard InChI is InChI=1S/C17H24N4O2/c1-20-12-14(11-18-20)17(23)19-15-6-8-21(9-7-15)16(22)10-13-4-2-3-5-13/h2,4,11-13,15H,3,5-10H2,1H3,(H,19,23)/t13-/m0/s1. The van der Waals surface area contributed by atoms with E-state index in [1.165, 1.54) is 0 Å². The van der Waals surface area contributed by atoms with E-state index in [0.29, 0.717) is 17.9 Å². The molecule has 1 fully saturated rings. The van der Waals surface area contributed by atoms with Gasteiger partial charge in [0.25, 0.3) is 5.91 Å². The molecule has 1 aromatic heterocycles. The van der Waals surface area contributed by atoms with Gasteiger partial charge in [-0.1, -0.05) is 12.2 Å². The van der Waals surface area contributed by atoms with Gasteiger partial charge in [-0.05, 0) is 31.6 Å². The molecule has 6 nitrogen and oxygen atoms in total. The molecular weight excluding hydrogens is 292 g/mol. The summed E-state index contributed by atoms with van der Waals surface area (Å²) in [5.74, 6) is 0.586.